The van der Waals surface area contributed by atoms with Crippen molar-refractivity contribution in [3.63, 3.8) is 0 Å². The third-order valence-corrected chi connectivity index (χ3v) is 5.02. The number of nitrogens with one attached hydrogen (secondary N) is 1. The highest BCUT2D eigenvalue weighted by Gasteiger charge is 2.29. The van der Waals surface area contributed by atoms with E-state index in [1.807, 2.05) is 42.6 Å². The molecule has 3 aromatic rings. The van der Waals surface area contributed by atoms with Crippen LogP contribution in [-0.4, -0.2) is 22.7 Å². The summed E-state index contributed by atoms with van der Waals surface area (Å²) in [5.74, 6) is 2.39. The number of anilines is 1. The summed E-state index contributed by atoms with van der Waals surface area (Å²) in [6.07, 6.45) is 2.53. The molecule has 0 atom stereocenters. The van der Waals surface area contributed by atoms with Crippen LogP contribution in [0.3, 0.4) is 0 Å². The van der Waals surface area contributed by atoms with Crippen LogP contribution in [0.25, 0.3) is 10.8 Å². The molecule has 2 heterocycles. The number of hydrogen-bond donors (Lipinski definition) is 1. The van der Waals surface area contributed by atoms with Gasteiger partial charge in [0.2, 0.25) is 5.91 Å². The molecule has 0 aliphatic heterocycles. The van der Waals surface area contributed by atoms with Gasteiger partial charge in [-0.3, -0.25) is 4.79 Å². The summed E-state index contributed by atoms with van der Waals surface area (Å²) >= 11 is 1.48. The molecule has 6 nitrogen and oxygen atoms in total. The third kappa shape index (κ3) is 3.77. The normalized spacial score (nSPS) is 13.6. The van der Waals surface area contributed by atoms with Crippen LogP contribution in [0.2, 0.25) is 0 Å². The van der Waals surface area contributed by atoms with Crippen LogP contribution < -0.4 is 10.1 Å². The van der Waals surface area contributed by atoms with E-state index >= 15 is 0 Å². The van der Waals surface area contributed by atoms with Crippen LogP contribution in [0, 0.1) is 0 Å². The van der Waals surface area contributed by atoms with Crippen molar-refractivity contribution >= 4 is 22.9 Å². The molecule has 1 fully saturated rings. The molecule has 1 aromatic carbocycles. The molecule has 2 aromatic heterocycles. The Bertz CT molecular complexity index is 897. The van der Waals surface area contributed by atoms with Crippen molar-refractivity contribution in [1.82, 2.24) is 10.1 Å². The Morgan fingerprint density at radius 2 is 2.12 bits per heavy atom. The van der Waals surface area contributed by atoms with Gasteiger partial charge in [0, 0.05) is 5.92 Å². The summed E-state index contributed by atoms with van der Waals surface area (Å²) in [4.78, 5) is 17.7. The van der Waals surface area contributed by atoms with E-state index in [0.717, 1.165) is 34.9 Å². The quantitative estimate of drug-likeness (QED) is 0.673. The van der Waals surface area contributed by atoms with Crippen LogP contribution in [-0.2, 0) is 11.2 Å². The van der Waals surface area contributed by atoms with Gasteiger partial charge in [0.05, 0.1) is 18.7 Å². The Morgan fingerprint density at radius 3 is 2.85 bits per heavy atom. The minimum atomic E-state index is -0.0873. The van der Waals surface area contributed by atoms with E-state index in [0.29, 0.717) is 30.5 Å². The van der Waals surface area contributed by atoms with E-state index in [1.165, 1.54) is 11.3 Å². The van der Waals surface area contributed by atoms with E-state index in [4.69, 9.17) is 9.26 Å². The fourth-order valence-electron chi connectivity index (χ4n) is 2.66. The summed E-state index contributed by atoms with van der Waals surface area (Å²) in [6.45, 7) is 2.57. The average molecular weight is 369 g/mol. The maximum atomic E-state index is 12.4. The highest BCUT2D eigenvalue weighted by atomic mass is 32.1. The largest absolute Gasteiger partial charge is 0.494 e. The lowest BCUT2D eigenvalue weighted by Crippen LogP contribution is -2.14. The van der Waals surface area contributed by atoms with Gasteiger partial charge in [0.1, 0.15) is 10.6 Å². The highest BCUT2D eigenvalue weighted by molar-refractivity contribution is 7.14. The van der Waals surface area contributed by atoms with Crippen LogP contribution in [0.4, 0.5) is 5.69 Å². The monoisotopic (exact) mass is 369 g/mol. The zero-order valence-electron chi connectivity index (χ0n) is 14.4. The van der Waals surface area contributed by atoms with Gasteiger partial charge in [-0.05, 0) is 48.9 Å². The number of aromatic nitrogens is 2. The van der Waals surface area contributed by atoms with Crippen molar-refractivity contribution in [2.45, 2.75) is 32.1 Å². The molecule has 7 heteroatoms. The van der Waals surface area contributed by atoms with Gasteiger partial charge in [-0.2, -0.15) is 4.98 Å². The average Bonchev–Trinajstić information content (AvgIpc) is 3.19. The molecule has 1 saturated carbocycles. The zero-order valence-corrected chi connectivity index (χ0v) is 15.2. The van der Waals surface area contributed by atoms with E-state index in [9.17, 15) is 4.79 Å². The van der Waals surface area contributed by atoms with Crippen molar-refractivity contribution in [2.24, 2.45) is 0 Å². The van der Waals surface area contributed by atoms with Crippen molar-refractivity contribution in [1.29, 1.82) is 0 Å². The second-order valence-corrected chi connectivity index (χ2v) is 7.11. The zero-order chi connectivity index (χ0) is 17.9. The molecular formula is C19H19N3O3S. The van der Waals surface area contributed by atoms with Gasteiger partial charge >= 0.3 is 0 Å². The SMILES string of the molecule is CCOc1ccc(CC(=O)Nc2ccsc2-c2nc(C3CC3)no2)cc1. The minimum Gasteiger partial charge on any atom is -0.494 e. The second-order valence-electron chi connectivity index (χ2n) is 6.20. The van der Waals surface area contributed by atoms with E-state index in [2.05, 4.69) is 15.5 Å². The smallest absolute Gasteiger partial charge is 0.270 e. The first-order valence-corrected chi connectivity index (χ1v) is 9.54. The maximum Gasteiger partial charge on any atom is 0.270 e. The van der Waals surface area contributed by atoms with Gasteiger partial charge in [0.25, 0.3) is 5.89 Å². The minimum absolute atomic E-state index is 0.0873. The summed E-state index contributed by atoms with van der Waals surface area (Å²) < 4.78 is 10.8. The number of carbonyl (C=O) groups is 1. The Kier molecular flexibility index (Phi) is 4.71. The standard InChI is InChI=1S/C19H19N3O3S/c1-2-24-14-7-3-12(4-8-14)11-16(23)20-15-9-10-26-17(15)19-21-18(22-25-19)13-5-6-13/h3-4,7-10,13H,2,5-6,11H2,1H3,(H,20,23). The Morgan fingerprint density at radius 1 is 1.31 bits per heavy atom. The number of ether oxygens (including phenoxy) is 1. The number of amides is 1. The molecular weight excluding hydrogens is 350 g/mol. The molecule has 0 saturated heterocycles. The van der Waals surface area contributed by atoms with Gasteiger partial charge in [-0.25, -0.2) is 0 Å². The van der Waals surface area contributed by atoms with Gasteiger partial charge < -0.3 is 14.6 Å². The molecule has 1 aliphatic carbocycles. The number of nitrogens with zero attached hydrogens (tertiary/aromatic N) is 2. The van der Waals surface area contributed by atoms with Gasteiger partial charge in [-0.15, -0.1) is 11.3 Å². The van der Waals surface area contributed by atoms with Crippen LogP contribution in [0.15, 0.2) is 40.2 Å². The van der Waals surface area contributed by atoms with Gasteiger partial charge in [0.15, 0.2) is 5.82 Å². The Balaban J connectivity index is 1.42. The summed E-state index contributed by atoms with van der Waals surface area (Å²) in [6, 6.07) is 9.41. The highest BCUT2D eigenvalue weighted by Crippen LogP contribution is 2.40. The molecule has 134 valence electrons. The molecule has 0 unspecified atom stereocenters. The molecule has 1 aliphatic rings. The van der Waals surface area contributed by atoms with E-state index in [1.54, 1.807) is 0 Å². The van der Waals surface area contributed by atoms with E-state index in [-0.39, 0.29) is 5.91 Å². The molecule has 26 heavy (non-hydrogen) atoms. The lowest BCUT2D eigenvalue weighted by molar-refractivity contribution is -0.115. The second kappa shape index (κ2) is 7.29. The molecule has 1 N–H and O–H groups in total. The van der Waals surface area contributed by atoms with Crippen molar-refractivity contribution in [2.75, 3.05) is 11.9 Å². The molecule has 4 rings (SSSR count). The lowest BCUT2D eigenvalue weighted by atomic mass is 10.1. The molecule has 0 bridgehead atoms. The van der Waals surface area contributed by atoms with Crippen LogP contribution in [0.5, 0.6) is 5.75 Å². The van der Waals surface area contributed by atoms with Crippen molar-refractivity contribution in [3.05, 3.63) is 47.1 Å². The number of thiophene rings is 1. The fourth-order valence-corrected chi connectivity index (χ4v) is 3.43. The summed E-state index contributed by atoms with van der Waals surface area (Å²) in [7, 11) is 0. The lowest BCUT2D eigenvalue weighted by Gasteiger charge is -2.06. The predicted octanol–water partition coefficient (Wildman–Crippen LogP) is 4.26. The van der Waals surface area contributed by atoms with Crippen molar-refractivity contribution < 1.29 is 14.1 Å². The maximum absolute atomic E-state index is 12.4. The van der Waals surface area contributed by atoms with E-state index < -0.39 is 0 Å². The number of hydrogen-bond acceptors (Lipinski definition) is 6. The summed E-state index contributed by atoms with van der Waals surface area (Å²) in [5.41, 5.74) is 1.63. The first kappa shape index (κ1) is 16.8. The predicted molar refractivity (Wildman–Crippen MR) is 99.5 cm³/mol. The topological polar surface area (TPSA) is 77.2 Å². The number of rotatable bonds is 7. The summed E-state index contributed by atoms with van der Waals surface area (Å²) in [5, 5.41) is 8.89. The van der Waals surface area contributed by atoms with Crippen LogP contribution >= 0.6 is 11.3 Å². The third-order valence-electron chi connectivity index (χ3n) is 4.12. The number of benzene rings is 1. The first-order chi connectivity index (χ1) is 12.7. The number of carbonyl (C=O) groups excluding carboxylic acids is 1. The van der Waals surface area contributed by atoms with Gasteiger partial charge in [-0.1, -0.05) is 17.3 Å². The fraction of sp³-hybridized carbons (Fsp3) is 0.316. The Labute approximate surface area is 155 Å². The molecule has 0 radical (unpaired) electrons. The Hall–Kier alpha value is -2.67. The molecule has 1 amide bonds. The first-order valence-electron chi connectivity index (χ1n) is 8.66. The molecule has 0 spiro atoms. The van der Waals surface area contributed by atoms with Crippen molar-refractivity contribution in [3.8, 4) is 16.5 Å². The van der Waals surface area contributed by atoms with Crippen LogP contribution in [0.1, 0.15) is 37.1 Å².